The molecule has 0 heterocycles. The average molecular weight is 217 g/mol. The molecule has 1 rings (SSSR count). The Morgan fingerprint density at radius 2 is 1.62 bits per heavy atom. The molecule has 0 saturated heterocycles. The average Bonchev–Trinajstić information content (AvgIpc) is 2.35. The molecule has 1 aromatic carbocycles. The molecule has 0 amide bonds. The molecule has 0 radical (unpaired) electrons. The Hall–Kier alpha value is -1.47. The molecule has 86 valence electrons. The second kappa shape index (κ2) is 6.19. The van der Waals surface area contributed by atoms with Crippen LogP contribution in [0.3, 0.4) is 0 Å². The van der Waals surface area contributed by atoms with Gasteiger partial charge in [-0.25, -0.2) is 0 Å². The molecule has 16 heavy (non-hydrogen) atoms. The third kappa shape index (κ3) is 2.77. The zero-order valence-electron chi connectivity index (χ0n) is 10.3. The lowest BCUT2D eigenvalue weighted by Gasteiger charge is -2.13. The van der Waals surface area contributed by atoms with E-state index in [-0.39, 0.29) is 0 Å². The Morgan fingerprint density at radius 3 is 2.00 bits per heavy atom. The highest BCUT2D eigenvalue weighted by molar-refractivity contribution is 5.39. The monoisotopic (exact) mass is 217 g/mol. The van der Waals surface area contributed by atoms with E-state index in [1.165, 1.54) is 22.3 Å². The molecule has 0 saturated carbocycles. The number of hydrogen-bond acceptors (Lipinski definition) is 1. The molecule has 0 aliphatic heterocycles. The van der Waals surface area contributed by atoms with E-state index in [1.54, 1.807) is 0 Å². The molecule has 0 spiro atoms. The molecule has 0 unspecified atom stereocenters. The van der Waals surface area contributed by atoms with Crippen molar-refractivity contribution in [3.8, 4) is 0 Å². The van der Waals surface area contributed by atoms with Gasteiger partial charge in [-0.15, -0.1) is 0 Å². The lowest BCUT2D eigenvalue weighted by molar-refractivity contribution is 0.934. The topological polar surface area (TPSA) is 48.8 Å². The molecule has 0 aliphatic carbocycles. The van der Waals surface area contributed by atoms with Crippen LogP contribution in [0.4, 0.5) is 0 Å². The number of azide groups is 1. The minimum Gasteiger partial charge on any atom is -0.0893 e. The Morgan fingerprint density at radius 1 is 1.06 bits per heavy atom. The van der Waals surface area contributed by atoms with Crippen LogP contribution in [-0.4, -0.2) is 0 Å². The van der Waals surface area contributed by atoms with Gasteiger partial charge in [0.05, 0.1) is 6.54 Å². The van der Waals surface area contributed by atoms with E-state index in [2.05, 4.69) is 42.9 Å². The summed E-state index contributed by atoms with van der Waals surface area (Å²) in [6, 6.07) is 4.47. The molecule has 0 fully saturated rings. The zero-order valence-corrected chi connectivity index (χ0v) is 10.3. The second-order valence-electron chi connectivity index (χ2n) is 3.84. The largest absolute Gasteiger partial charge is 0.0893 e. The van der Waals surface area contributed by atoms with Crippen molar-refractivity contribution in [3.63, 3.8) is 0 Å². The van der Waals surface area contributed by atoms with Crippen LogP contribution in [0.2, 0.25) is 0 Å². The van der Waals surface area contributed by atoms with E-state index >= 15 is 0 Å². The number of nitrogens with zero attached hydrogens (tertiary/aromatic N) is 3. The standard InChI is InChI=1S/C13H19N3/c1-4-10-7-11(5-2)13(9-15-16-14)12(6-3)8-10/h7-8H,4-6,9H2,1-3H3. The van der Waals surface area contributed by atoms with Gasteiger partial charge in [0, 0.05) is 4.91 Å². The predicted molar refractivity (Wildman–Crippen MR) is 67.4 cm³/mol. The summed E-state index contributed by atoms with van der Waals surface area (Å²) in [5, 5.41) is 3.70. The highest BCUT2D eigenvalue weighted by atomic mass is 15.1. The summed E-state index contributed by atoms with van der Waals surface area (Å²) in [5.74, 6) is 0. The first-order valence-corrected chi connectivity index (χ1v) is 5.91. The van der Waals surface area contributed by atoms with Gasteiger partial charge in [0.25, 0.3) is 0 Å². The summed E-state index contributed by atoms with van der Waals surface area (Å²) in [4.78, 5) is 2.85. The summed E-state index contributed by atoms with van der Waals surface area (Å²) >= 11 is 0. The van der Waals surface area contributed by atoms with Crippen LogP contribution in [0.15, 0.2) is 17.2 Å². The van der Waals surface area contributed by atoms with Gasteiger partial charge in [-0.3, -0.25) is 0 Å². The molecule has 0 atom stereocenters. The fraction of sp³-hybridized carbons (Fsp3) is 0.538. The molecule has 0 aromatic heterocycles. The van der Waals surface area contributed by atoms with E-state index < -0.39 is 0 Å². The van der Waals surface area contributed by atoms with Crippen LogP contribution in [0.1, 0.15) is 43.0 Å². The van der Waals surface area contributed by atoms with Crippen molar-refractivity contribution in [2.45, 2.75) is 46.6 Å². The molecular formula is C13H19N3. The van der Waals surface area contributed by atoms with Crippen LogP contribution >= 0.6 is 0 Å². The number of benzene rings is 1. The van der Waals surface area contributed by atoms with Gasteiger partial charge in [0.15, 0.2) is 0 Å². The van der Waals surface area contributed by atoms with Gasteiger partial charge in [-0.05, 0) is 47.0 Å². The first kappa shape index (κ1) is 12.6. The zero-order chi connectivity index (χ0) is 12.0. The second-order valence-corrected chi connectivity index (χ2v) is 3.84. The van der Waals surface area contributed by atoms with Gasteiger partial charge >= 0.3 is 0 Å². The van der Waals surface area contributed by atoms with Crippen molar-refractivity contribution < 1.29 is 0 Å². The van der Waals surface area contributed by atoms with Gasteiger partial charge in [0.1, 0.15) is 0 Å². The SMILES string of the molecule is CCc1cc(CC)c(CN=[N+]=[N-])c(CC)c1. The summed E-state index contributed by atoms with van der Waals surface area (Å²) in [7, 11) is 0. The third-order valence-corrected chi connectivity index (χ3v) is 2.96. The molecule has 0 N–H and O–H groups in total. The number of rotatable bonds is 5. The van der Waals surface area contributed by atoms with Gasteiger partial charge in [0.2, 0.25) is 0 Å². The number of aryl methyl sites for hydroxylation is 3. The summed E-state index contributed by atoms with van der Waals surface area (Å²) in [5.41, 5.74) is 13.7. The summed E-state index contributed by atoms with van der Waals surface area (Å²) in [6.07, 6.45) is 3.05. The van der Waals surface area contributed by atoms with Crippen molar-refractivity contribution in [1.82, 2.24) is 0 Å². The van der Waals surface area contributed by atoms with Crippen LogP contribution in [0.25, 0.3) is 10.4 Å². The van der Waals surface area contributed by atoms with Crippen LogP contribution in [-0.2, 0) is 25.8 Å². The summed E-state index contributed by atoms with van der Waals surface area (Å²) in [6.45, 7) is 6.94. The van der Waals surface area contributed by atoms with Gasteiger partial charge in [-0.1, -0.05) is 38.0 Å². The Kier molecular flexibility index (Phi) is 4.87. The minimum absolute atomic E-state index is 0.479. The maximum absolute atomic E-state index is 8.41. The normalized spacial score (nSPS) is 9.94. The van der Waals surface area contributed by atoms with E-state index in [1.807, 2.05) is 0 Å². The fourth-order valence-corrected chi connectivity index (χ4v) is 2.01. The molecule has 3 nitrogen and oxygen atoms in total. The molecule has 0 aliphatic rings. The predicted octanol–water partition coefficient (Wildman–Crippen LogP) is 4.18. The molecule has 0 bridgehead atoms. The highest BCUT2D eigenvalue weighted by Gasteiger charge is 2.07. The third-order valence-electron chi connectivity index (χ3n) is 2.96. The first-order chi connectivity index (χ1) is 7.76. The first-order valence-electron chi connectivity index (χ1n) is 5.91. The number of hydrogen-bond donors (Lipinski definition) is 0. The summed E-state index contributed by atoms with van der Waals surface area (Å²) < 4.78 is 0. The van der Waals surface area contributed by atoms with Crippen LogP contribution in [0.5, 0.6) is 0 Å². The molecular weight excluding hydrogens is 198 g/mol. The van der Waals surface area contributed by atoms with E-state index in [9.17, 15) is 0 Å². The smallest absolute Gasteiger partial charge is 0.0516 e. The lowest BCUT2D eigenvalue weighted by atomic mass is 9.94. The Balaban J connectivity index is 3.24. The maximum Gasteiger partial charge on any atom is 0.0516 e. The Bertz CT molecular complexity index is 379. The maximum atomic E-state index is 8.41. The Labute approximate surface area is 97.1 Å². The van der Waals surface area contributed by atoms with Crippen molar-refractivity contribution in [1.29, 1.82) is 0 Å². The van der Waals surface area contributed by atoms with E-state index in [4.69, 9.17) is 5.53 Å². The van der Waals surface area contributed by atoms with Crippen molar-refractivity contribution in [2.24, 2.45) is 5.11 Å². The van der Waals surface area contributed by atoms with Crippen molar-refractivity contribution in [2.75, 3.05) is 0 Å². The van der Waals surface area contributed by atoms with E-state index in [0.717, 1.165) is 19.3 Å². The lowest BCUT2D eigenvalue weighted by Crippen LogP contribution is -2.00. The fourth-order valence-electron chi connectivity index (χ4n) is 2.01. The highest BCUT2D eigenvalue weighted by Crippen LogP contribution is 2.21. The van der Waals surface area contributed by atoms with Gasteiger partial charge < -0.3 is 0 Å². The van der Waals surface area contributed by atoms with Crippen molar-refractivity contribution >= 4 is 0 Å². The van der Waals surface area contributed by atoms with Crippen LogP contribution < -0.4 is 0 Å². The van der Waals surface area contributed by atoms with E-state index in [0.29, 0.717) is 6.54 Å². The molecule has 3 heteroatoms. The van der Waals surface area contributed by atoms with Gasteiger partial charge in [-0.2, -0.15) is 0 Å². The minimum atomic E-state index is 0.479. The van der Waals surface area contributed by atoms with Crippen molar-refractivity contribution in [3.05, 3.63) is 44.8 Å². The molecule has 1 aromatic rings. The quantitative estimate of drug-likeness (QED) is 0.403. The van der Waals surface area contributed by atoms with Crippen LogP contribution in [0, 0.1) is 0 Å².